The van der Waals surface area contributed by atoms with Crippen LogP contribution in [0.15, 0.2) is 24.3 Å². The van der Waals surface area contributed by atoms with Gasteiger partial charge in [0.05, 0.1) is 13.2 Å². The second-order valence-electron chi connectivity index (χ2n) is 6.41. The number of thiocarbonyl (C=S) groups is 1. The number of hydrogen-bond donors (Lipinski definition) is 5. The highest BCUT2D eigenvalue weighted by Gasteiger charge is 2.42. The fourth-order valence-corrected chi connectivity index (χ4v) is 2.60. The molecular formula is C17H26N2O5S. The number of ether oxygens (including phenoxy) is 2. The molecule has 1 fully saturated rings. The maximum Gasteiger partial charge on any atom is 0.172 e. The second kappa shape index (κ2) is 9.30. The first-order chi connectivity index (χ1) is 11.9. The van der Waals surface area contributed by atoms with Gasteiger partial charge in [0.15, 0.2) is 11.3 Å². The average molecular weight is 370 g/mol. The van der Waals surface area contributed by atoms with Gasteiger partial charge in [-0.2, -0.15) is 0 Å². The zero-order valence-electron chi connectivity index (χ0n) is 14.4. The van der Waals surface area contributed by atoms with E-state index in [1.54, 1.807) is 0 Å². The van der Waals surface area contributed by atoms with Gasteiger partial charge in [0.1, 0.15) is 24.1 Å². The molecule has 8 heteroatoms. The molecule has 140 valence electrons. The van der Waals surface area contributed by atoms with E-state index >= 15 is 0 Å². The Morgan fingerprint density at radius 2 is 1.92 bits per heavy atom. The largest absolute Gasteiger partial charge is 0.494 e. The van der Waals surface area contributed by atoms with Crippen molar-refractivity contribution in [1.29, 1.82) is 0 Å². The molecule has 2 rings (SSSR count). The van der Waals surface area contributed by atoms with Crippen molar-refractivity contribution >= 4 is 23.0 Å². The molecule has 0 radical (unpaired) electrons. The van der Waals surface area contributed by atoms with Crippen LogP contribution in [0.3, 0.4) is 0 Å². The van der Waals surface area contributed by atoms with Crippen LogP contribution in [0.4, 0.5) is 5.69 Å². The fourth-order valence-electron chi connectivity index (χ4n) is 2.36. The van der Waals surface area contributed by atoms with Crippen LogP contribution in [0, 0.1) is 5.92 Å². The van der Waals surface area contributed by atoms with Gasteiger partial charge in [-0.25, -0.2) is 0 Å². The summed E-state index contributed by atoms with van der Waals surface area (Å²) in [6, 6.07) is 7.35. The standard InChI is InChI=1S/C17H26N2O5S/c1-10(2)7-8-23-12-5-3-11(4-6-12)18-17(25)19-16-15(22)14(21)13(9-20)24-16/h3-6,10,13-16,20-22H,7-9H2,1-2H3,(H2,18,19,25)/t13-,14+,15?,16-/m1/s1. The minimum atomic E-state index is -1.17. The van der Waals surface area contributed by atoms with Gasteiger partial charge in [-0.15, -0.1) is 0 Å². The number of aliphatic hydroxyl groups excluding tert-OH is 3. The van der Waals surface area contributed by atoms with Crippen molar-refractivity contribution in [3.05, 3.63) is 24.3 Å². The number of rotatable bonds is 7. The number of aliphatic hydroxyl groups is 3. The SMILES string of the molecule is CC(C)CCOc1ccc(NC(=S)N[C@@H]2O[C@H](CO)[C@H](O)C2O)cc1. The van der Waals surface area contributed by atoms with Gasteiger partial charge in [-0.05, 0) is 48.8 Å². The summed E-state index contributed by atoms with van der Waals surface area (Å²) in [6.07, 6.45) is -3.05. The molecule has 1 aromatic carbocycles. The third-order valence-electron chi connectivity index (χ3n) is 3.89. The lowest BCUT2D eigenvalue weighted by Crippen LogP contribution is -2.45. The van der Waals surface area contributed by atoms with Crippen molar-refractivity contribution in [3.63, 3.8) is 0 Å². The summed E-state index contributed by atoms with van der Waals surface area (Å²) in [5.41, 5.74) is 0.750. The quantitative estimate of drug-likeness (QED) is 0.450. The van der Waals surface area contributed by atoms with E-state index in [2.05, 4.69) is 24.5 Å². The van der Waals surface area contributed by atoms with E-state index in [1.165, 1.54) is 0 Å². The van der Waals surface area contributed by atoms with Crippen molar-refractivity contribution in [2.45, 2.75) is 44.8 Å². The van der Waals surface area contributed by atoms with E-state index in [4.69, 9.17) is 26.8 Å². The van der Waals surface area contributed by atoms with E-state index in [0.717, 1.165) is 17.9 Å². The predicted octanol–water partition coefficient (Wildman–Crippen LogP) is 0.837. The van der Waals surface area contributed by atoms with Crippen LogP contribution in [0.25, 0.3) is 0 Å². The molecular weight excluding hydrogens is 344 g/mol. The summed E-state index contributed by atoms with van der Waals surface area (Å²) < 4.78 is 11.0. The van der Waals surface area contributed by atoms with E-state index < -0.39 is 24.5 Å². The molecule has 0 aromatic heterocycles. The van der Waals surface area contributed by atoms with Crippen LogP contribution >= 0.6 is 12.2 Å². The Morgan fingerprint density at radius 1 is 1.24 bits per heavy atom. The van der Waals surface area contributed by atoms with Gasteiger partial charge in [0.25, 0.3) is 0 Å². The van der Waals surface area contributed by atoms with E-state index in [9.17, 15) is 10.2 Å². The zero-order chi connectivity index (χ0) is 18.4. The van der Waals surface area contributed by atoms with Gasteiger partial charge in [-0.3, -0.25) is 0 Å². The van der Waals surface area contributed by atoms with Gasteiger partial charge < -0.3 is 35.4 Å². The van der Waals surface area contributed by atoms with Gasteiger partial charge in [0, 0.05) is 5.69 Å². The maximum atomic E-state index is 9.88. The Kier molecular flexibility index (Phi) is 7.39. The lowest BCUT2D eigenvalue weighted by Gasteiger charge is -2.19. The molecule has 25 heavy (non-hydrogen) atoms. The van der Waals surface area contributed by atoms with Gasteiger partial charge in [0.2, 0.25) is 0 Å². The van der Waals surface area contributed by atoms with Gasteiger partial charge >= 0.3 is 0 Å². The molecule has 0 aliphatic carbocycles. The molecule has 1 aromatic rings. The van der Waals surface area contributed by atoms with E-state index in [-0.39, 0.29) is 11.7 Å². The Bertz CT molecular complexity index is 554. The topological polar surface area (TPSA) is 103 Å². The molecule has 1 aliphatic rings. The third-order valence-corrected chi connectivity index (χ3v) is 4.11. The number of nitrogens with one attached hydrogen (secondary N) is 2. The summed E-state index contributed by atoms with van der Waals surface area (Å²) in [5.74, 6) is 1.38. The molecule has 1 unspecified atom stereocenters. The molecule has 7 nitrogen and oxygen atoms in total. The number of anilines is 1. The molecule has 1 aliphatic heterocycles. The van der Waals surface area contributed by atoms with Crippen molar-refractivity contribution in [2.24, 2.45) is 5.92 Å². The lowest BCUT2D eigenvalue weighted by atomic mass is 10.1. The summed E-state index contributed by atoms with van der Waals surface area (Å²) in [6.45, 7) is 4.60. The van der Waals surface area contributed by atoms with Crippen LogP contribution < -0.4 is 15.4 Å². The Balaban J connectivity index is 1.80. The van der Waals surface area contributed by atoms with Crippen molar-refractivity contribution in [2.75, 3.05) is 18.5 Å². The second-order valence-corrected chi connectivity index (χ2v) is 6.82. The zero-order valence-corrected chi connectivity index (χ0v) is 15.2. The minimum absolute atomic E-state index is 0.239. The van der Waals surface area contributed by atoms with Crippen molar-refractivity contribution in [1.82, 2.24) is 5.32 Å². The van der Waals surface area contributed by atoms with Gasteiger partial charge in [-0.1, -0.05) is 13.8 Å². The normalized spacial score (nSPS) is 25.8. The highest BCUT2D eigenvalue weighted by atomic mass is 32.1. The summed E-state index contributed by atoms with van der Waals surface area (Å²) >= 11 is 5.18. The van der Waals surface area contributed by atoms with Crippen LogP contribution in [-0.4, -0.2) is 58.2 Å². The van der Waals surface area contributed by atoms with Crippen molar-refractivity contribution < 1.29 is 24.8 Å². The number of benzene rings is 1. The first kappa shape index (κ1) is 19.9. The molecule has 1 saturated heterocycles. The highest BCUT2D eigenvalue weighted by Crippen LogP contribution is 2.20. The summed E-state index contributed by atoms with van der Waals surface area (Å²) in [4.78, 5) is 0. The average Bonchev–Trinajstić information content (AvgIpc) is 2.84. The summed E-state index contributed by atoms with van der Waals surface area (Å²) in [5, 5.41) is 34.7. The maximum absolute atomic E-state index is 9.88. The van der Waals surface area contributed by atoms with E-state index in [0.29, 0.717) is 12.5 Å². The van der Waals surface area contributed by atoms with Crippen LogP contribution in [-0.2, 0) is 4.74 Å². The first-order valence-electron chi connectivity index (χ1n) is 8.33. The molecule has 0 amide bonds. The Labute approximate surface area is 153 Å². The van der Waals surface area contributed by atoms with E-state index in [1.807, 2.05) is 24.3 Å². The Morgan fingerprint density at radius 3 is 2.48 bits per heavy atom. The molecule has 4 atom stereocenters. The summed E-state index contributed by atoms with van der Waals surface area (Å²) in [7, 11) is 0. The smallest absolute Gasteiger partial charge is 0.172 e. The van der Waals surface area contributed by atoms with Crippen LogP contribution in [0.2, 0.25) is 0 Å². The lowest BCUT2D eigenvalue weighted by molar-refractivity contribution is -0.0260. The Hall–Kier alpha value is -1.45. The fraction of sp³-hybridized carbons (Fsp3) is 0.588. The molecule has 0 bridgehead atoms. The van der Waals surface area contributed by atoms with Crippen molar-refractivity contribution in [3.8, 4) is 5.75 Å². The highest BCUT2D eigenvalue weighted by molar-refractivity contribution is 7.80. The molecule has 1 heterocycles. The monoisotopic (exact) mass is 370 g/mol. The molecule has 0 spiro atoms. The van der Waals surface area contributed by atoms with Crippen LogP contribution in [0.5, 0.6) is 5.75 Å². The minimum Gasteiger partial charge on any atom is -0.494 e. The molecule has 0 saturated carbocycles. The van der Waals surface area contributed by atoms with Crippen LogP contribution in [0.1, 0.15) is 20.3 Å². The predicted molar refractivity (Wildman–Crippen MR) is 98.5 cm³/mol. The number of hydrogen-bond acceptors (Lipinski definition) is 6. The molecule has 5 N–H and O–H groups in total. The third kappa shape index (κ3) is 5.79. The first-order valence-corrected chi connectivity index (χ1v) is 8.74.